The van der Waals surface area contributed by atoms with Gasteiger partial charge < -0.3 is 10.1 Å². The van der Waals surface area contributed by atoms with E-state index in [0.29, 0.717) is 16.1 Å². The molecule has 4 heteroatoms. The van der Waals surface area contributed by atoms with E-state index < -0.39 is 0 Å². The van der Waals surface area contributed by atoms with Crippen LogP contribution in [-0.4, -0.2) is 18.7 Å². The van der Waals surface area contributed by atoms with Crippen LogP contribution in [0.5, 0.6) is 5.75 Å². The second kappa shape index (κ2) is 5.90. The van der Waals surface area contributed by atoms with Crippen LogP contribution in [0, 0.1) is 5.41 Å². The Bertz CT molecular complexity index is 432. The van der Waals surface area contributed by atoms with E-state index in [2.05, 4.69) is 26.1 Å². The molecule has 106 valence electrons. The van der Waals surface area contributed by atoms with Gasteiger partial charge in [-0.05, 0) is 31.2 Å². The van der Waals surface area contributed by atoms with Gasteiger partial charge in [0.2, 0.25) is 0 Å². The summed E-state index contributed by atoms with van der Waals surface area (Å²) in [7, 11) is 0. The topological polar surface area (TPSA) is 21.3 Å². The minimum atomic E-state index is 0.171. The summed E-state index contributed by atoms with van der Waals surface area (Å²) in [6.07, 6.45) is 2.34. The summed E-state index contributed by atoms with van der Waals surface area (Å²) >= 11 is 12.0. The van der Waals surface area contributed by atoms with Crippen molar-refractivity contribution in [1.82, 2.24) is 5.32 Å². The van der Waals surface area contributed by atoms with Crippen LogP contribution in [-0.2, 0) is 0 Å². The molecule has 2 nitrogen and oxygen atoms in total. The molecule has 0 aliphatic heterocycles. The van der Waals surface area contributed by atoms with Crippen molar-refractivity contribution < 1.29 is 4.74 Å². The maximum atomic E-state index is 6.09. The molecular formula is C15H21Cl2NO. The second-order valence-electron chi connectivity index (χ2n) is 5.42. The van der Waals surface area contributed by atoms with Crippen molar-refractivity contribution in [2.75, 3.05) is 6.54 Å². The third kappa shape index (κ3) is 3.01. The Kier molecular flexibility index (Phi) is 4.65. The third-order valence-corrected chi connectivity index (χ3v) is 4.74. The predicted molar refractivity (Wildman–Crippen MR) is 81.4 cm³/mol. The third-order valence-electron chi connectivity index (χ3n) is 4.31. The van der Waals surface area contributed by atoms with E-state index in [9.17, 15) is 0 Å². The van der Waals surface area contributed by atoms with Crippen molar-refractivity contribution >= 4 is 23.2 Å². The molecule has 0 aromatic heterocycles. The number of ether oxygens (including phenoxy) is 1. The maximum absolute atomic E-state index is 6.09. The zero-order valence-electron chi connectivity index (χ0n) is 11.7. The fourth-order valence-corrected chi connectivity index (χ4v) is 3.30. The molecule has 1 aliphatic rings. The molecule has 0 amide bonds. The van der Waals surface area contributed by atoms with Crippen LogP contribution in [0.15, 0.2) is 18.2 Å². The zero-order valence-corrected chi connectivity index (χ0v) is 13.2. The molecule has 1 aromatic rings. The highest BCUT2D eigenvalue weighted by Gasteiger charge is 2.51. The van der Waals surface area contributed by atoms with Gasteiger partial charge in [-0.1, -0.05) is 44.0 Å². The van der Waals surface area contributed by atoms with Crippen LogP contribution < -0.4 is 10.1 Å². The molecule has 2 rings (SSSR count). The van der Waals surface area contributed by atoms with Gasteiger partial charge in [-0.25, -0.2) is 0 Å². The highest BCUT2D eigenvalue weighted by atomic mass is 35.5. The molecule has 0 bridgehead atoms. The van der Waals surface area contributed by atoms with E-state index in [1.54, 1.807) is 6.07 Å². The Hall–Kier alpha value is -0.440. The lowest BCUT2D eigenvalue weighted by Crippen LogP contribution is -2.63. The first-order valence-corrected chi connectivity index (χ1v) is 7.61. The SMILES string of the molecule is CCNC1CC(Oc2cc(Cl)cc(Cl)c2)C1(C)CC. The second-order valence-corrected chi connectivity index (χ2v) is 6.29. The summed E-state index contributed by atoms with van der Waals surface area (Å²) in [4.78, 5) is 0. The molecule has 3 unspecified atom stereocenters. The Balaban J connectivity index is 2.07. The Labute approximate surface area is 125 Å². The van der Waals surface area contributed by atoms with E-state index in [4.69, 9.17) is 27.9 Å². The van der Waals surface area contributed by atoms with Gasteiger partial charge in [0.1, 0.15) is 11.9 Å². The van der Waals surface area contributed by atoms with Crippen LogP contribution >= 0.6 is 23.2 Å². The molecule has 0 saturated heterocycles. The van der Waals surface area contributed by atoms with Crippen molar-refractivity contribution in [3.8, 4) is 5.75 Å². The molecule has 1 aliphatic carbocycles. The molecular weight excluding hydrogens is 281 g/mol. The zero-order chi connectivity index (χ0) is 14.0. The van der Waals surface area contributed by atoms with Crippen LogP contribution in [0.4, 0.5) is 0 Å². The number of rotatable bonds is 5. The minimum Gasteiger partial charge on any atom is -0.490 e. The van der Waals surface area contributed by atoms with Gasteiger partial charge in [0, 0.05) is 27.9 Å². The first kappa shape index (κ1) is 15.0. The van der Waals surface area contributed by atoms with Crippen LogP contribution in [0.3, 0.4) is 0 Å². The fourth-order valence-electron chi connectivity index (χ4n) is 2.80. The monoisotopic (exact) mass is 301 g/mol. The molecule has 0 spiro atoms. The van der Waals surface area contributed by atoms with E-state index in [1.807, 2.05) is 12.1 Å². The van der Waals surface area contributed by atoms with E-state index in [0.717, 1.165) is 25.1 Å². The van der Waals surface area contributed by atoms with Crippen LogP contribution in [0.1, 0.15) is 33.6 Å². The number of hydrogen-bond acceptors (Lipinski definition) is 2. The Morgan fingerprint density at radius 1 is 1.26 bits per heavy atom. The summed E-state index contributed by atoms with van der Waals surface area (Å²) in [5, 5.41) is 4.76. The number of benzene rings is 1. The van der Waals surface area contributed by atoms with E-state index in [1.165, 1.54) is 0 Å². The average molecular weight is 302 g/mol. The molecule has 19 heavy (non-hydrogen) atoms. The highest BCUT2D eigenvalue weighted by molar-refractivity contribution is 6.34. The van der Waals surface area contributed by atoms with Crippen molar-refractivity contribution in [2.45, 2.75) is 45.8 Å². The molecule has 1 aromatic carbocycles. The van der Waals surface area contributed by atoms with Gasteiger partial charge in [-0.2, -0.15) is 0 Å². The van der Waals surface area contributed by atoms with Crippen LogP contribution in [0.25, 0.3) is 0 Å². The molecule has 0 heterocycles. The smallest absolute Gasteiger partial charge is 0.122 e. The molecule has 1 N–H and O–H groups in total. The standard InChI is InChI=1S/C15H21Cl2NO/c1-4-15(3)13(18-5-2)9-14(15)19-12-7-10(16)6-11(17)8-12/h6-8,13-14,18H,4-5,9H2,1-3H3. The quantitative estimate of drug-likeness (QED) is 0.862. The summed E-state index contributed by atoms with van der Waals surface area (Å²) in [5.74, 6) is 0.761. The lowest BCUT2D eigenvalue weighted by molar-refractivity contribution is -0.0696. The molecule has 1 saturated carbocycles. The highest BCUT2D eigenvalue weighted by Crippen LogP contribution is 2.46. The molecule has 0 radical (unpaired) electrons. The summed E-state index contributed by atoms with van der Waals surface area (Å²) in [6.45, 7) is 7.63. The number of hydrogen-bond donors (Lipinski definition) is 1. The average Bonchev–Trinajstić information content (AvgIpc) is 2.35. The predicted octanol–water partition coefficient (Wildman–Crippen LogP) is 4.54. The molecule has 1 fully saturated rings. The Morgan fingerprint density at radius 3 is 2.42 bits per heavy atom. The van der Waals surface area contributed by atoms with Crippen molar-refractivity contribution in [1.29, 1.82) is 0 Å². The van der Waals surface area contributed by atoms with Gasteiger partial charge in [-0.15, -0.1) is 0 Å². The van der Waals surface area contributed by atoms with Gasteiger partial charge in [0.15, 0.2) is 0 Å². The lowest BCUT2D eigenvalue weighted by atomic mass is 9.61. The maximum Gasteiger partial charge on any atom is 0.122 e. The number of nitrogens with one attached hydrogen (secondary N) is 1. The number of halogens is 2. The molecule has 3 atom stereocenters. The normalized spacial score (nSPS) is 29.9. The van der Waals surface area contributed by atoms with Gasteiger partial charge in [-0.3, -0.25) is 0 Å². The van der Waals surface area contributed by atoms with Gasteiger partial charge in [0.25, 0.3) is 0 Å². The van der Waals surface area contributed by atoms with Crippen molar-refractivity contribution in [2.24, 2.45) is 5.41 Å². The first-order valence-electron chi connectivity index (χ1n) is 6.85. The van der Waals surface area contributed by atoms with Crippen molar-refractivity contribution in [3.05, 3.63) is 28.2 Å². The van der Waals surface area contributed by atoms with Gasteiger partial charge in [0.05, 0.1) is 0 Å². The first-order chi connectivity index (χ1) is 8.99. The summed E-state index contributed by atoms with van der Waals surface area (Å²) in [5.41, 5.74) is 0.171. The summed E-state index contributed by atoms with van der Waals surface area (Å²) < 4.78 is 6.09. The fraction of sp³-hybridized carbons (Fsp3) is 0.600. The van der Waals surface area contributed by atoms with Gasteiger partial charge >= 0.3 is 0 Å². The summed E-state index contributed by atoms with van der Waals surface area (Å²) in [6, 6.07) is 5.90. The van der Waals surface area contributed by atoms with Crippen molar-refractivity contribution in [3.63, 3.8) is 0 Å². The van der Waals surface area contributed by atoms with E-state index in [-0.39, 0.29) is 11.5 Å². The minimum absolute atomic E-state index is 0.171. The van der Waals surface area contributed by atoms with E-state index >= 15 is 0 Å². The van der Waals surface area contributed by atoms with Crippen LogP contribution in [0.2, 0.25) is 10.0 Å². The Morgan fingerprint density at radius 2 is 1.89 bits per heavy atom. The lowest BCUT2D eigenvalue weighted by Gasteiger charge is -2.53. The largest absolute Gasteiger partial charge is 0.490 e.